The number of ether oxygens (including phenoxy) is 1. The first-order valence-electron chi connectivity index (χ1n) is 6.59. The highest BCUT2D eigenvalue weighted by Crippen LogP contribution is 2.20. The van der Waals surface area contributed by atoms with Crippen LogP contribution in [0, 0.1) is 0 Å². The maximum absolute atomic E-state index is 11.8. The minimum absolute atomic E-state index is 0.0115. The lowest BCUT2D eigenvalue weighted by Gasteiger charge is -2.09. The number of benzene rings is 2. The molecule has 0 saturated heterocycles. The minimum Gasteiger partial charge on any atom is -0.457 e. The van der Waals surface area contributed by atoms with Crippen LogP contribution >= 0.6 is 0 Å². The summed E-state index contributed by atoms with van der Waals surface area (Å²) in [6.45, 7) is -0.373. The molecule has 21 heavy (non-hydrogen) atoms. The summed E-state index contributed by atoms with van der Waals surface area (Å²) >= 11 is 0. The Bertz CT molecular complexity index is 569. The highest BCUT2D eigenvalue weighted by molar-refractivity contribution is 5.94. The van der Waals surface area contributed by atoms with E-state index in [1.165, 1.54) is 0 Å². The van der Waals surface area contributed by atoms with Gasteiger partial charge < -0.3 is 20.3 Å². The second kappa shape index (κ2) is 7.42. The standard InChI is InChI=1S/C16H17NO4/c18-11-13(19)10-17-16(20)12-6-8-15(9-7-12)21-14-4-2-1-3-5-14/h1-9,13,18-19H,10-11H2,(H,17,20). The van der Waals surface area contributed by atoms with Crippen molar-refractivity contribution >= 4 is 5.91 Å². The van der Waals surface area contributed by atoms with Gasteiger partial charge in [0.25, 0.3) is 5.91 Å². The summed E-state index contributed by atoms with van der Waals surface area (Å²) < 4.78 is 5.62. The predicted octanol–water partition coefficient (Wildman–Crippen LogP) is 1.56. The molecule has 0 aliphatic carbocycles. The van der Waals surface area contributed by atoms with Crippen molar-refractivity contribution in [3.63, 3.8) is 0 Å². The van der Waals surface area contributed by atoms with Crippen molar-refractivity contribution in [2.75, 3.05) is 13.2 Å². The van der Waals surface area contributed by atoms with E-state index >= 15 is 0 Å². The van der Waals surface area contributed by atoms with Gasteiger partial charge in [0.15, 0.2) is 0 Å². The molecule has 2 aromatic carbocycles. The Kier molecular flexibility index (Phi) is 5.31. The van der Waals surface area contributed by atoms with E-state index in [1.807, 2.05) is 30.3 Å². The molecule has 5 heteroatoms. The van der Waals surface area contributed by atoms with Crippen LogP contribution in [0.15, 0.2) is 54.6 Å². The third-order valence-electron chi connectivity index (χ3n) is 2.80. The monoisotopic (exact) mass is 287 g/mol. The van der Waals surface area contributed by atoms with Crippen molar-refractivity contribution in [1.29, 1.82) is 0 Å². The molecular formula is C16H17NO4. The zero-order chi connectivity index (χ0) is 15.1. The fourth-order valence-electron chi connectivity index (χ4n) is 1.68. The molecule has 0 heterocycles. The SMILES string of the molecule is O=C(NCC(O)CO)c1ccc(Oc2ccccc2)cc1. The molecule has 2 rings (SSSR count). The maximum Gasteiger partial charge on any atom is 0.251 e. The zero-order valence-electron chi connectivity index (χ0n) is 11.4. The van der Waals surface area contributed by atoms with Gasteiger partial charge in [-0.2, -0.15) is 0 Å². The average molecular weight is 287 g/mol. The Morgan fingerprint density at radius 1 is 1.05 bits per heavy atom. The van der Waals surface area contributed by atoms with Crippen LogP contribution in [0.25, 0.3) is 0 Å². The Morgan fingerprint density at radius 2 is 1.67 bits per heavy atom. The van der Waals surface area contributed by atoms with Gasteiger partial charge in [-0.25, -0.2) is 0 Å². The molecule has 3 N–H and O–H groups in total. The molecule has 0 fully saturated rings. The molecule has 5 nitrogen and oxygen atoms in total. The highest BCUT2D eigenvalue weighted by Gasteiger charge is 2.08. The van der Waals surface area contributed by atoms with Gasteiger partial charge in [0.05, 0.1) is 12.7 Å². The average Bonchev–Trinajstić information content (AvgIpc) is 2.54. The van der Waals surface area contributed by atoms with E-state index in [2.05, 4.69) is 5.32 Å². The number of hydrogen-bond donors (Lipinski definition) is 3. The van der Waals surface area contributed by atoms with E-state index in [0.29, 0.717) is 11.3 Å². The van der Waals surface area contributed by atoms with E-state index in [1.54, 1.807) is 24.3 Å². The molecule has 0 aliphatic heterocycles. The molecule has 1 atom stereocenters. The van der Waals surface area contributed by atoms with Crippen LogP contribution in [0.4, 0.5) is 0 Å². The zero-order valence-corrected chi connectivity index (χ0v) is 11.4. The fraction of sp³-hybridized carbons (Fsp3) is 0.188. The summed E-state index contributed by atoms with van der Waals surface area (Å²) in [5.41, 5.74) is 0.459. The molecular weight excluding hydrogens is 270 g/mol. The number of carbonyl (C=O) groups is 1. The third-order valence-corrected chi connectivity index (χ3v) is 2.80. The van der Waals surface area contributed by atoms with Crippen molar-refractivity contribution < 1.29 is 19.7 Å². The van der Waals surface area contributed by atoms with E-state index in [4.69, 9.17) is 9.84 Å². The Labute approximate surface area is 122 Å². The first kappa shape index (κ1) is 15.0. The Morgan fingerprint density at radius 3 is 2.29 bits per heavy atom. The van der Waals surface area contributed by atoms with Gasteiger partial charge in [0, 0.05) is 12.1 Å². The minimum atomic E-state index is -0.949. The number of aliphatic hydroxyl groups excluding tert-OH is 2. The van der Waals surface area contributed by atoms with Crippen LogP contribution in [0.5, 0.6) is 11.5 Å². The lowest BCUT2D eigenvalue weighted by Crippen LogP contribution is -2.33. The smallest absolute Gasteiger partial charge is 0.251 e. The predicted molar refractivity (Wildman–Crippen MR) is 78.4 cm³/mol. The van der Waals surface area contributed by atoms with Crippen LogP contribution in [-0.4, -0.2) is 35.4 Å². The molecule has 1 unspecified atom stereocenters. The maximum atomic E-state index is 11.8. The van der Waals surface area contributed by atoms with Crippen molar-refractivity contribution in [2.24, 2.45) is 0 Å². The first-order valence-corrected chi connectivity index (χ1v) is 6.59. The van der Waals surface area contributed by atoms with Gasteiger partial charge in [-0.05, 0) is 36.4 Å². The van der Waals surface area contributed by atoms with Gasteiger partial charge in [-0.1, -0.05) is 18.2 Å². The molecule has 110 valence electrons. The van der Waals surface area contributed by atoms with Crippen LogP contribution < -0.4 is 10.1 Å². The van der Waals surface area contributed by atoms with Crippen molar-refractivity contribution in [1.82, 2.24) is 5.32 Å². The van der Waals surface area contributed by atoms with Crippen molar-refractivity contribution in [2.45, 2.75) is 6.10 Å². The topological polar surface area (TPSA) is 78.8 Å². The number of para-hydroxylation sites is 1. The number of nitrogens with one attached hydrogen (secondary N) is 1. The number of aliphatic hydroxyl groups is 2. The fourth-order valence-corrected chi connectivity index (χ4v) is 1.68. The first-order chi connectivity index (χ1) is 10.2. The molecule has 1 amide bonds. The lowest BCUT2D eigenvalue weighted by atomic mass is 10.2. The number of hydrogen-bond acceptors (Lipinski definition) is 4. The molecule has 0 aromatic heterocycles. The van der Waals surface area contributed by atoms with Gasteiger partial charge in [-0.3, -0.25) is 4.79 Å². The highest BCUT2D eigenvalue weighted by atomic mass is 16.5. The summed E-state index contributed by atoms with van der Waals surface area (Å²) in [4.78, 5) is 11.8. The second-order valence-corrected chi connectivity index (χ2v) is 4.49. The molecule has 0 saturated carbocycles. The van der Waals surface area contributed by atoms with Crippen LogP contribution in [-0.2, 0) is 0 Å². The third kappa shape index (κ3) is 4.59. The van der Waals surface area contributed by atoms with Crippen molar-refractivity contribution in [3.8, 4) is 11.5 Å². The van der Waals surface area contributed by atoms with Gasteiger partial charge in [-0.15, -0.1) is 0 Å². The molecule has 2 aromatic rings. The molecule has 0 bridgehead atoms. The quantitative estimate of drug-likeness (QED) is 0.753. The van der Waals surface area contributed by atoms with Gasteiger partial charge in [0.1, 0.15) is 11.5 Å². The van der Waals surface area contributed by atoms with Gasteiger partial charge >= 0.3 is 0 Å². The van der Waals surface area contributed by atoms with Crippen LogP contribution in [0.1, 0.15) is 10.4 Å². The Balaban J connectivity index is 1.94. The number of carbonyl (C=O) groups excluding carboxylic acids is 1. The second-order valence-electron chi connectivity index (χ2n) is 4.49. The van der Waals surface area contributed by atoms with E-state index < -0.39 is 6.10 Å². The summed E-state index contributed by atoms with van der Waals surface area (Å²) in [5, 5.41) is 20.4. The van der Waals surface area contributed by atoms with Crippen molar-refractivity contribution in [3.05, 3.63) is 60.2 Å². The lowest BCUT2D eigenvalue weighted by molar-refractivity contribution is 0.0802. The van der Waals surface area contributed by atoms with Crippen LogP contribution in [0.2, 0.25) is 0 Å². The number of rotatable bonds is 6. The van der Waals surface area contributed by atoms with E-state index in [0.717, 1.165) is 5.75 Å². The van der Waals surface area contributed by atoms with Gasteiger partial charge in [0.2, 0.25) is 0 Å². The normalized spacial score (nSPS) is 11.7. The summed E-state index contributed by atoms with van der Waals surface area (Å²) in [6.07, 6.45) is -0.949. The van der Waals surface area contributed by atoms with E-state index in [9.17, 15) is 9.90 Å². The summed E-state index contributed by atoms with van der Waals surface area (Å²) in [7, 11) is 0. The largest absolute Gasteiger partial charge is 0.457 e. The van der Waals surface area contributed by atoms with Crippen LogP contribution in [0.3, 0.4) is 0 Å². The molecule has 0 radical (unpaired) electrons. The summed E-state index contributed by atoms with van der Waals surface area (Å²) in [6, 6.07) is 16.0. The summed E-state index contributed by atoms with van der Waals surface area (Å²) in [5.74, 6) is 1.04. The van der Waals surface area contributed by atoms with E-state index in [-0.39, 0.29) is 19.1 Å². The molecule has 0 aliphatic rings. The molecule has 0 spiro atoms. The number of amides is 1. The Hall–Kier alpha value is -2.37.